The van der Waals surface area contributed by atoms with Crippen LogP contribution in [0.5, 0.6) is 0 Å². The van der Waals surface area contributed by atoms with Gasteiger partial charge >= 0.3 is 6.09 Å². The van der Waals surface area contributed by atoms with Crippen molar-refractivity contribution in [2.45, 2.75) is 71.3 Å². The second-order valence-electron chi connectivity index (χ2n) is 10.1. The second-order valence-corrected chi connectivity index (χ2v) is 10.1. The smallest absolute Gasteiger partial charge is 0.407 e. The summed E-state index contributed by atoms with van der Waals surface area (Å²) in [7, 11) is 0. The first-order valence-corrected chi connectivity index (χ1v) is 11.6. The molecule has 1 fully saturated rings. The molecule has 2 aromatic rings. The van der Waals surface area contributed by atoms with E-state index in [1.807, 2.05) is 6.92 Å². The average molecular weight is 508 g/mol. The molecular weight excluding hydrogens is 479 g/mol. The molecule has 0 spiro atoms. The number of benzene rings is 1. The molecular formula is C24H28F3N5O4. The molecule has 2 atom stereocenters. The Morgan fingerprint density at radius 3 is 2.47 bits per heavy atom. The van der Waals surface area contributed by atoms with Gasteiger partial charge in [-0.25, -0.2) is 18.0 Å². The van der Waals surface area contributed by atoms with Crippen LogP contribution in [0.4, 0.5) is 23.7 Å². The SMILES string of the molecule is C[C@H]1Cn2ncc(N3CC(NC(=O)OC(C)(C)C)CC3=O)c2CN1C(=O)Cc1cc(F)c(F)c(F)c1. The molecule has 1 aromatic carbocycles. The highest BCUT2D eigenvalue weighted by atomic mass is 19.2. The van der Waals surface area contributed by atoms with Gasteiger partial charge in [-0.2, -0.15) is 5.10 Å². The molecule has 2 aliphatic heterocycles. The van der Waals surface area contributed by atoms with Crippen LogP contribution in [0.1, 0.15) is 45.4 Å². The van der Waals surface area contributed by atoms with Crippen LogP contribution in [0.3, 0.4) is 0 Å². The normalized spacial score (nSPS) is 19.9. The van der Waals surface area contributed by atoms with Crippen LogP contribution in [0.25, 0.3) is 0 Å². The Morgan fingerprint density at radius 2 is 1.83 bits per heavy atom. The topological polar surface area (TPSA) is 96.8 Å². The molecule has 1 N–H and O–H groups in total. The molecule has 4 rings (SSSR count). The summed E-state index contributed by atoms with van der Waals surface area (Å²) in [6.45, 7) is 7.74. The summed E-state index contributed by atoms with van der Waals surface area (Å²) in [5.74, 6) is -4.90. The minimum atomic E-state index is -1.58. The van der Waals surface area contributed by atoms with Crippen molar-refractivity contribution >= 4 is 23.6 Å². The second kappa shape index (κ2) is 9.47. The highest BCUT2D eigenvalue weighted by molar-refractivity contribution is 5.97. The van der Waals surface area contributed by atoms with Gasteiger partial charge in [0.2, 0.25) is 11.8 Å². The molecule has 0 aliphatic carbocycles. The zero-order chi connectivity index (χ0) is 26.4. The summed E-state index contributed by atoms with van der Waals surface area (Å²) in [4.78, 5) is 41.0. The first-order valence-electron chi connectivity index (χ1n) is 11.6. The monoisotopic (exact) mass is 507 g/mol. The van der Waals surface area contributed by atoms with Gasteiger partial charge in [-0.05, 0) is 45.4 Å². The van der Waals surface area contributed by atoms with E-state index in [4.69, 9.17) is 4.74 Å². The fraction of sp³-hybridized carbons (Fsp3) is 0.500. The third-order valence-corrected chi connectivity index (χ3v) is 6.07. The third kappa shape index (κ3) is 5.31. The Labute approximate surface area is 206 Å². The van der Waals surface area contributed by atoms with E-state index >= 15 is 0 Å². The number of halogens is 3. The van der Waals surface area contributed by atoms with Crippen molar-refractivity contribution in [2.75, 3.05) is 11.4 Å². The lowest BCUT2D eigenvalue weighted by Gasteiger charge is -2.35. The van der Waals surface area contributed by atoms with Crippen LogP contribution in [0.2, 0.25) is 0 Å². The molecule has 9 nitrogen and oxygen atoms in total. The molecule has 0 saturated carbocycles. The van der Waals surface area contributed by atoms with Gasteiger partial charge in [0, 0.05) is 19.0 Å². The van der Waals surface area contributed by atoms with Gasteiger partial charge in [-0.1, -0.05) is 0 Å². The van der Waals surface area contributed by atoms with Crippen molar-refractivity contribution in [1.82, 2.24) is 20.0 Å². The largest absolute Gasteiger partial charge is 0.444 e. The van der Waals surface area contributed by atoms with E-state index in [9.17, 15) is 27.6 Å². The number of ether oxygens (including phenoxy) is 1. The molecule has 3 heterocycles. The van der Waals surface area contributed by atoms with Crippen molar-refractivity contribution in [3.63, 3.8) is 0 Å². The first-order chi connectivity index (χ1) is 16.8. The highest BCUT2D eigenvalue weighted by Crippen LogP contribution is 2.30. The van der Waals surface area contributed by atoms with Gasteiger partial charge in [-0.3, -0.25) is 14.3 Å². The van der Waals surface area contributed by atoms with E-state index in [-0.39, 0.29) is 43.4 Å². The number of rotatable bonds is 4. The summed E-state index contributed by atoms with van der Waals surface area (Å²) in [5.41, 5.74) is 0.505. The Hall–Kier alpha value is -3.57. The lowest BCUT2D eigenvalue weighted by Crippen LogP contribution is -2.46. The first kappa shape index (κ1) is 25.5. The number of hydrogen-bond donors (Lipinski definition) is 1. The van der Waals surface area contributed by atoms with Crippen LogP contribution in [-0.2, 0) is 33.8 Å². The van der Waals surface area contributed by atoms with Gasteiger partial charge in [0.15, 0.2) is 17.5 Å². The van der Waals surface area contributed by atoms with Crippen LogP contribution in [-0.4, -0.2) is 56.8 Å². The van der Waals surface area contributed by atoms with Crippen molar-refractivity contribution in [3.05, 3.63) is 47.0 Å². The number of nitrogens with zero attached hydrogens (tertiary/aromatic N) is 4. The Kier molecular flexibility index (Phi) is 6.72. The van der Waals surface area contributed by atoms with E-state index in [0.717, 1.165) is 12.1 Å². The van der Waals surface area contributed by atoms with E-state index in [0.29, 0.717) is 17.9 Å². The number of anilines is 1. The van der Waals surface area contributed by atoms with Crippen molar-refractivity contribution in [3.8, 4) is 0 Å². The number of alkyl carbamates (subject to hydrolysis) is 1. The zero-order valence-corrected chi connectivity index (χ0v) is 20.5. The summed E-state index contributed by atoms with van der Waals surface area (Å²) in [5, 5.41) is 7.07. The summed E-state index contributed by atoms with van der Waals surface area (Å²) in [6.07, 6.45) is 0.712. The maximum absolute atomic E-state index is 13.6. The molecule has 2 aliphatic rings. The fourth-order valence-electron chi connectivity index (χ4n) is 4.44. The number of carbonyl (C=O) groups excluding carboxylic acids is 3. The standard InChI is InChI=1S/C24H28F3N5O4/c1-13-10-32-19(12-30(13)20(33)7-14-5-16(25)22(27)17(26)6-14)18(9-28-32)31-11-15(8-21(31)34)29-23(35)36-24(2,3)4/h5-6,9,13,15H,7-8,10-12H2,1-4H3,(H,29,35)/t13-,15?/m0/s1. The predicted octanol–water partition coefficient (Wildman–Crippen LogP) is 2.90. The Balaban J connectivity index is 1.47. The van der Waals surface area contributed by atoms with Crippen LogP contribution in [0, 0.1) is 17.5 Å². The molecule has 194 valence electrons. The van der Waals surface area contributed by atoms with E-state index in [1.165, 1.54) is 9.80 Å². The van der Waals surface area contributed by atoms with Gasteiger partial charge in [-0.15, -0.1) is 0 Å². The fourth-order valence-corrected chi connectivity index (χ4v) is 4.44. The summed E-state index contributed by atoms with van der Waals surface area (Å²) >= 11 is 0. The Bertz CT molecular complexity index is 1190. The number of carbonyl (C=O) groups is 3. The van der Waals surface area contributed by atoms with Gasteiger partial charge in [0.25, 0.3) is 0 Å². The minimum Gasteiger partial charge on any atom is -0.444 e. The van der Waals surface area contributed by atoms with Gasteiger partial charge < -0.3 is 19.9 Å². The molecule has 1 aromatic heterocycles. The number of hydrogen-bond acceptors (Lipinski definition) is 5. The van der Waals surface area contributed by atoms with Crippen LogP contribution in [0.15, 0.2) is 18.3 Å². The third-order valence-electron chi connectivity index (χ3n) is 6.07. The number of nitrogens with one attached hydrogen (secondary N) is 1. The van der Waals surface area contributed by atoms with Crippen molar-refractivity contribution in [1.29, 1.82) is 0 Å². The van der Waals surface area contributed by atoms with E-state index in [2.05, 4.69) is 10.4 Å². The molecule has 36 heavy (non-hydrogen) atoms. The van der Waals surface area contributed by atoms with Crippen molar-refractivity contribution < 1.29 is 32.3 Å². The summed E-state index contributed by atoms with van der Waals surface area (Å²) in [6, 6.07) is 0.887. The average Bonchev–Trinajstić information content (AvgIpc) is 3.31. The Morgan fingerprint density at radius 1 is 1.17 bits per heavy atom. The van der Waals surface area contributed by atoms with Gasteiger partial charge in [0.1, 0.15) is 5.60 Å². The van der Waals surface area contributed by atoms with E-state index < -0.39 is 41.1 Å². The maximum Gasteiger partial charge on any atom is 0.407 e. The minimum absolute atomic E-state index is 0.0219. The maximum atomic E-state index is 13.6. The molecule has 0 bridgehead atoms. The predicted molar refractivity (Wildman–Crippen MR) is 122 cm³/mol. The van der Waals surface area contributed by atoms with Crippen LogP contribution >= 0.6 is 0 Å². The van der Waals surface area contributed by atoms with E-state index in [1.54, 1.807) is 31.6 Å². The van der Waals surface area contributed by atoms with Gasteiger partial charge in [0.05, 0.1) is 43.1 Å². The number of amides is 3. The number of aromatic nitrogens is 2. The molecule has 1 saturated heterocycles. The summed E-state index contributed by atoms with van der Waals surface area (Å²) < 4.78 is 47.4. The lowest BCUT2D eigenvalue weighted by molar-refractivity contribution is -0.134. The molecule has 1 unspecified atom stereocenters. The highest BCUT2D eigenvalue weighted by Gasteiger charge is 2.37. The quantitative estimate of drug-likeness (QED) is 0.642. The van der Waals surface area contributed by atoms with Crippen LogP contribution < -0.4 is 10.2 Å². The van der Waals surface area contributed by atoms with Crippen molar-refractivity contribution in [2.24, 2.45) is 0 Å². The molecule has 12 heteroatoms. The number of fused-ring (bicyclic) bond motifs is 1. The lowest BCUT2D eigenvalue weighted by atomic mass is 10.1. The zero-order valence-electron chi connectivity index (χ0n) is 20.5. The molecule has 3 amide bonds. The molecule has 0 radical (unpaired) electrons.